The Morgan fingerprint density at radius 2 is 1.75 bits per heavy atom. The Morgan fingerprint density at radius 1 is 1.02 bits per heavy atom. The lowest BCUT2D eigenvalue weighted by Gasteiger charge is -2.58. The zero-order valence-electron chi connectivity index (χ0n) is 25.2. The molecule has 7 heteroatoms. The van der Waals surface area contributed by atoms with Gasteiger partial charge in [-0.3, -0.25) is 4.79 Å². The fourth-order valence-electron chi connectivity index (χ4n) is 9.27. The number of Topliss-reactive ketones (excluding diaryl/α,β-unsaturated/α-hetero) is 1. The number of fused-ring (bicyclic) bond motifs is 5. The van der Waals surface area contributed by atoms with Crippen LogP contribution >= 0.6 is 0 Å². The van der Waals surface area contributed by atoms with Crippen LogP contribution in [0.4, 0.5) is 0 Å². The van der Waals surface area contributed by atoms with E-state index in [4.69, 9.17) is 9.47 Å². The van der Waals surface area contributed by atoms with Crippen molar-refractivity contribution in [2.45, 2.75) is 117 Å². The van der Waals surface area contributed by atoms with Gasteiger partial charge in [-0.2, -0.15) is 0 Å². The van der Waals surface area contributed by atoms with E-state index in [1.54, 1.807) is 0 Å². The molecule has 0 amide bonds. The van der Waals surface area contributed by atoms with Crippen LogP contribution in [-0.2, 0) is 14.3 Å². The third-order valence-corrected chi connectivity index (χ3v) is 12.0. The average molecular weight is 561 g/mol. The lowest BCUT2D eigenvalue weighted by molar-refractivity contribution is -0.286. The summed E-state index contributed by atoms with van der Waals surface area (Å²) >= 11 is 0. The highest BCUT2D eigenvalue weighted by Crippen LogP contribution is 2.67. The maximum atomic E-state index is 14.4. The predicted molar refractivity (Wildman–Crippen MR) is 152 cm³/mol. The molecule has 0 aromatic carbocycles. The van der Waals surface area contributed by atoms with Crippen molar-refractivity contribution in [1.29, 1.82) is 0 Å². The predicted octanol–water partition coefficient (Wildman–Crippen LogP) is 4.02. The molecule has 4 aliphatic carbocycles. The number of ether oxygens (including phenoxy) is 2. The minimum Gasteiger partial charge on any atom is -0.393 e. The second kappa shape index (κ2) is 11.2. The van der Waals surface area contributed by atoms with E-state index < -0.39 is 30.7 Å². The summed E-state index contributed by atoms with van der Waals surface area (Å²) in [5, 5.41) is 41.5. The van der Waals surface area contributed by atoms with Gasteiger partial charge in [0.2, 0.25) is 0 Å². The number of carbonyl (C=O) groups excluding carboxylic acids is 1. The standard InChI is InChI=1S/C33H52O7/c1-17(2)18(3)7-8-19(4)25-28(37)30(40-31-29(38)27(36)24(35)16-39-31)26-22-10-9-20-15-21(34)11-13-32(20,5)23(22)12-14-33(25,26)6/h7-9,17-19,21-27,29-31,34-36,38H,10-16H2,1-6H3/b8-7+/t18-,19-,21-,22+,23-,24+,25-,26+,27-,29+,30-,31-,32-,33+/m0/s1. The zero-order chi connectivity index (χ0) is 29.1. The van der Waals surface area contributed by atoms with Crippen molar-refractivity contribution in [2.75, 3.05) is 6.61 Å². The molecule has 0 unspecified atom stereocenters. The highest BCUT2D eigenvalue weighted by molar-refractivity contribution is 5.90. The molecule has 0 radical (unpaired) electrons. The monoisotopic (exact) mass is 560 g/mol. The van der Waals surface area contributed by atoms with E-state index in [-0.39, 0.29) is 53.0 Å². The normalized spacial score (nSPS) is 48.9. The molecule has 4 N–H and O–H groups in total. The second-order valence-corrected chi connectivity index (χ2v) is 14.7. The molecular formula is C33H52O7. The fraction of sp³-hybridized carbons (Fsp3) is 0.848. The third kappa shape index (κ3) is 4.97. The number of hydrogen-bond acceptors (Lipinski definition) is 7. The molecule has 40 heavy (non-hydrogen) atoms. The molecule has 5 aliphatic rings. The third-order valence-electron chi connectivity index (χ3n) is 12.0. The van der Waals surface area contributed by atoms with E-state index in [1.165, 1.54) is 5.57 Å². The van der Waals surface area contributed by atoms with Crippen molar-refractivity contribution >= 4 is 5.78 Å². The molecule has 4 fully saturated rings. The highest BCUT2D eigenvalue weighted by Gasteiger charge is 2.66. The van der Waals surface area contributed by atoms with Crippen LogP contribution in [0.15, 0.2) is 23.8 Å². The molecular weight excluding hydrogens is 508 g/mol. The first-order chi connectivity index (χ1) is 18.8. The summed E-state index contributed by atoms with van der Waals surface area (Å²) in [6.07, 6.45) is 5.92. The Morgan fingerprint density at radius 3 is 2.45 bits per heavy atom. The summed E-state index contributed by atoms with van der Waals surface area (Å²) in [5.74, 6) is 1.39. The first kappa shape index (κ1) is 30.4. The number of ketones is 1. The molecule has 14 atom stereocenters. The molecule has 5 rings (SSSR count). The molecule has 3 saturated carbocycles. The Kier molecular flexibility index (Phi) is 8.50. The lowest BCUT2D eigenvalue weighted by Crippen LogP contribution is -2.56. The van der Waals surface area contributed by atoms with Gasteiger partial charge in [0.05, 0.1) is 12.7 Å². The number of allylic oxidation sites excluding steroid dienone is 3. The van der Waals surface area contributed by atoms with Crippen LogP contribution < -0.4 is 0 Å². The SMILES string of the molecule is CC(C)[C@@H](C)/C=C/[C@H](C)[C@H]1C(=O)[C@@H](O[C@@H]2OC[C@@H](O)[C@H](O)[C@H]2O)[C@H]2[C@@H]3CC=C4C[C@@H](O)CC[C@]4(C)[C@H]3CC[C@@]21C. The van der Waals surface area contributed by atoms with Crippen molar-refractivity contribution in [2.24, 2.45) is 52.3 Å². The number of aliphatic hydroxyl groups excluding tert-OH is 4. The van der Waals surface area contributed by atoms with Gasteiger partial charge in [-0.05, 0) is 78.9 Å². The van der Waals surface area contributed by atoms with Crippen molar-refractivity contribution in [3.63, 3.8) is 0 Å². The summed E-state index contributed by atoms with van der Waals surface area (Å²) in [4.78, 5) is 14.4. The molecule has 0 bridgehead atoms. The van der Waals surface area contributed by atoms with Gasteiger partial charge in [0.15, 0.2) is 12.1 Å². The summed E-state index contributed by atoms with van der Waals surface area (Å²) in [7, 11) is 0. The largest absolute Gasteiger partial charge is 0.393 e. The maximum absolute atomic E-state index is 14.4. The van der Waals surface area contributed by atoms with Crippen molar-refractivity contribution in [3.05, 3.63) is 23.8 Å². The second-order valence-electron chi connectivity index (χ2n) is 14.7. The van der Waals surface area contributed by atoms with Gasteiger partial charge in [0, 0.05) is 11.8 Å². The highest BCUT2D eigenvalue weighted by atomic mass is 16.7. The quantitative estimate of drug-likeness (QED) is 0.363. The number of hydrogen-bond donors (Lipinski definition) is 4. The smallest absolute Gasteiger partial charge is 0.187 e. The van der Waals surface area contributed by atoms with Crippen LogP contribution in [0.2, 0.25) is 0 Å². The number of carbonyl (C=O) groups is 1. The van der Waals surface area contributed by atoms with Crippen LogP contribution in [-0.4, -0.2) is 69.6 Å². The van der Waals surface area contributed by atoms with Gasteiger partial charge in [0.25, 0.3) is 0 Å². The summed E-state index contributed by atoms with van der Waals surface area (Å²) in [6.45, 7) is 13.3. The Balaban J connectivity index is 1.50. The fourth-order valence-corrected chi connectivity index (χ4v) is 9.27. The van der Waals surface area contributed by atoms with E-state index in [9.17, 15) is 25.2 Å². The van der Waals surface area contributed by atoms with Crippen LogP contribution in [0.3, 0.4) is 0 Å². The summed E-state index contributed by atoms with van der Waals surface area (Å²) < 4.78 is 12.1. The first-order valence-electron chi connectivity index (χ1n) is 15.7. The van der Waals surface area contributed by atoms with Crippen LogP contribution in [0.5, 0.6) is 0 Å². The Hall–Kier alpha value is -1.09. The molecule has 1 heterocycles. The van der Waals surface area contributed by atoms with Gasteiger partial charge >= 0.3 is 0 Å². The van der Waals surface area contributed by atoms with E-state index in [1.807, 2.05) is 0 Å². The van der Waals surface area contributed by atoms with Gasteiger partial charge < -0.3 is 29.9 Å². The molecule has 0 aromatic rings. The lowest BCUT2D eigenvalue weighted by atomic mass is 9.46. The Labute approximate surface area is 240 Å². The molecule has 226 valence electrons. The van der Waals surface area contributed by atoms with Crippen molar-refractivity contribution in [1.82, 2.24) is 0 Å². The maximum Gasteiger partial charge on any atom is 0.187 e. The summed E-state index contributed by atoms with van der Waals surface area (Å²) in [6, 6.07) is 0. The molecule has 1 aliphatic heterocycles. The van der Waals surface area contributed by atoms with Crippen molar-refractivity contribution < 1.29 is 34.7 Å². The van der Waals surface area contributed by atoms with Gasteiger partial charge in [0.1, 0.15) is 24.4 Å². The van der Waals surface area contributed by atoms with E-state index >= 15 is 0 Å². The minimum atomic E-state index is -1.43. The summed E-state index contributed by atoms with van der Waals surface area (Å²) in [5.41, 5.74) is 1.10. The molecule has 0 aromatic heterocycles. The molecule has 1 saturated heterocycles. The van der Waals surface area contributed by atoms with Gasteiger partial charge in [-0.15, -0.1) is 0 Å². The first-order valence-corrected chi connectivity index (χ1v) is 15.7. The topological polar surface area (TPSA) is 116 Å². The number of aliphatic hydroxyl groups is 4. The van der Waals surface area contributed by atoms with Crippen LogP contribution in [0, 0.1) is 52.3 Å². The van der Waals surface area contributed by atoms with E-state index in [2.05, 4.69) is 59.8 Å². The van der Waals surface area contributed by atoms with Gasteiger partial charge in [-0.1, -0.05) is 65.3 Å². The van der Waals surface area contributed by atoms with E-state index in [0.717, 1.165) is 38.5 Å². The van der Waals surface area contributed by atoms with Crippen molar-refractivity contribution in [3.8, 4) is 0 Å². The average Bonchev–Trinajstić information content (AvgIpc) is 3.13. The molecule has 7 nitrogen and oxygen atoms in total. The van der Waals surface area contributed by atoms with Gasteiger partial charge in [-0.25, -0.2) is 0 Å². The molecule has 0 spiro atoms. The zero-order valence-corrected chi connectivity index (χ0v) is 25.2. The Bertz CT molecular complexity index is 1010. The van der Waals surface area contributed by atoms with E-state index in [0.29, 0.717) is 17.8 Å². The van der Waals surface area contributed by atoms with Crippen LogP contribution in [0.25, 0.3) is 0 Å². The number of rotatable bonds is 6. The minimum absolute atomic E-state index is 0.00846. The van der Waals surface area contributed by atoms with Crippen LogP contribution in [0.1, 0.15) is 80.1 Å².